The molecule has 1 aliphatic carbocycles. The third-order valence-corrected chi connectivity index (χ3v) is 5.35. The molecule has 0 aliphatic heterocycles. The molecule has 0 bridgehead atoms. The van der Waals surface area contributed by atoms with E-state index in [1.807, 2.05) is 0 Å². The Kier molecular flexibility index (Phi) is 3.71. The number of rotatable bonds is 0. The van der Waals surface area contributed by atoms with Crippen LogP contribution in [-0.4, -0.2) is 0 Å². The van der Waals surface area contributed by atoms with Gasteiger partial charge in [0.05, 0.1) is 0 Å². The summed E-state index contributed by atoms with van der Waals surface area (Å²) < 4.78 is 0. The van der Waals surface area contributed by atoms with Crippen molar-refractivity contribution in [3.63, 3.8) is 0 Å². The van der Waals surface area contributed by atoms with Crippen LogP contribution in [0.4, 0.5) is 0 Å². The standard InChI is InChI=1S/C23H30/c1-15-12-16-13-17(22(2,3)4)8-10-19(16)20-11-9-18(14-21(15)20)23(5,6)7/h8,10-14,18H,9H2,1-7H3. The van der Waals surface area contributed by atoms with E-state index in [0.29, 0.717) is 11.3 Å². The lowest BCUT2D eigenvalue weighted by Crippen LogP contribution is -2.35. The molecule has 1 atom stereocenters. The molecule has 0 radical (unpaired) electrons. The van der Waals surface area contributed by atoms with Gasteiger partial charge < -0.3 is 0 Å². The maximum atomic E-state index is 2.52. The van der Waals surface area contributed by atoms with E-state index in [2.05, 4.69) is 84.9 Å². The third-order valence-electron chi connectivity index (χ3n) is 5.35. The van der Waals surface area contributed by atoms with Gasteiger partial charge in [0.2, 0.25) is 0 Å². The fourth-order valence-corrected chi connectivity index (χ4v) is 3.62. The molecule has 0 fully saturated rings. The lowest BCUT2D eigenvalue weighted by molar-refractivity contribution is 0.314. The molecule has 122 valence electrons. The second kappa shape index (κ2) is 5.23. The first-order valence-corrected chi connectivity index (χ1v) is 8.83. The van der Waals surface area contributed by atoms with Crippen LogP contribution in [0.2, 0.25) is 0 Å². The number of aryl methyl sites for hydroxylation is 1. The highest BCUT2D eigenvalue weighted by Crippen LogP contribution is 2.32. The number of hydrogen-bond donors (Lipinski definition) is 0. The third kappa shape index (κ3) is 2.96. The molecule has 1 aliphatic rings. The van der Waals surface area contributed by atoms with Gasteiger partial charge in [0, 0.05) is 0 Å². The van der Waals surface area contributed by atoms with Gasteiger partial charge in [-0.05, 0) is 62.4 Å². The van der Waals surface area contributed by atoms with Crippen LogP contribution < -0.4 is 10.4 Å². The quantitative estimate of drug-likeness (QED) is 0.637. The summed E-state index contributed by atoms with van der Waals surface area (Å²) in [5.41, 5.74) is 3.34. The Morgan fingerprint density at radius 1 is 0.913 bits per heavy atom. The van der Waals surface area contributed by atoms with Gasteiger partial charge in [-0.3, -0.25) is 0 Å². The summed E-state index contributed by atoms with van der Waals surface area (Å²) in [5.74, 6) is 0.625. The van der Waals surface area contributed by atoms with Crippen molar-refractivity contribution < 1.29 is 0 Å². The molecule has 2 aromatic rings. The number of fused-ring (bicyclic) bond motifs is 3. The van der Waals surface area contributed by atoms with Crippen molar-refractivity contribution in [1.29, 1.82) is 0 Å². The summed E-state index contributed by atoms with van der Waals surface area (Å²) in [6.45, 7) is 16.2. The van der Waals surface area contributed by atoms with Crippen LogP contribution >= 0.6 is 0 Å². The van der Waals surface area contributed by atoms with E-state index in [1.54, 1.807) is 0 Å². The van der Waals surface area contributed by atoms with E-state index >= 15 is 0 Å². The predicted octanol–water partition coefficient (Wildman–Crippen LogP) is 5.07. The summed E-state index contributed by atoms with van der Waals surface area (Å²) in [6, 6.07) is 9.39. The molecule has 0 saturated carbocycles. The first kappa shape index (κ1) is 16.3. The highest BCUT2D eigenvalue weighted by Gasteiger charge is 2.23. The van der Waals surface area contributed by atoms with Crippen molar-refractivity contribution in [3.05, 3.63) is 45.8 Å². The van der Waals surface area contributed by atoms with Crippen molar-refractivity contribution >= 4 is 22.9 Å². The van der Waals surface area contributed by atoms with E-state index in [-0.39, 0.29) is 5.41 Å². The summed E-state index contributed by atoms with van der Waals surface area (Å²) >= 11 is 0. The summed E-state index contributed by atoms with van der Waals surface area (Å²) in [6.07, 6.45) is 6.13. The minimum absolute atomic E-state index is 0.200. The average molecular weight is 306 g/mol. The molecule has 0 amide bonds. The fourth-order valence-electron chi connectivity index (χ4n) is 3.62. The van der Waals surface area contributed by atoms with Crippen LogP contribution in [0.5, 0.6) is 0 Å². The molecule has 3 rings (SSSR count). The van der Waals surface area contributed by atoms with Gasteiger partial charge in [-0.25, -0.2) is 0 Å². The minimum Gasteiger partial charge on any atom is -0.0754 e. The van der Waals surface area contributed by atoms with E-state index in [1.165, 1.54) is 32.3 Å². The maximum Gasteiger partial charge on any atom is -0.0108 e. The van der Waals surface area contributed by atoms with Crippen LogP contribution in [0.15, 0.2) is 24.3 Å². The second-order valence-electron chi connectivity index (χ2n) is 9.29. The van der Waals surface area contributed by atoms with Crippen molar-refractivity contribution in [2.24, 2.45) is 11.3 Å². The highest BCUT2D eigenvalue weighted by atomic mass is 14.3. The van der Waals surface area contributed by atoms with Crippen molar-refractivity contribution in [2.75, 3.05) is 0 Å². The van der Waals surface area contributed by atoms with Gasteiger partial charge in [-0.15, -0.1) is 0 Å². The molecular formula is C23H30. The maximum absolute atomic E-state index is 2.52. The molecule has 23 heavy (non-hydrogen) atoms. The Hall–Kier alpha value is -1.56. The van der Waals surface area contributed by atoms with Crippen LogP contribution in [0.3, 0.4) is 0 Å². The molecule has 1 unspecified atom stereocenters. The van der Waals surface area contributed by atoms with E-state index in [4.69, 9.17) is 0 Å². The first-order valence-electron chi connectivity index (χ1n) is 8.83. The van der Waals surface area contributed by atoms with Crippen molar-refractivity contribution in [2.45, 2.75) is 60.3 Å². The van der Waals surface area contributed by atoms with Gasteiger partial charge in [0.15, 0.2) is 0 Å². The Morgan fingerprint density at radius 2 is 1.61 bits per heavy atom. The largest absolute Gasteiger partial charge is 0.0754 e. The number of hydrogen-bond acceptors (Lipinski definition) is 0. The normalized spacial score (nSPS) is 18.3. The summed E-state index contributed by atoms with van der Waals surface area (Å²) in [7, 11) is 0. The fraction of sp³-hybridized carbons (Fsp3) is 0.478. The van der Waals surface area contributed by atoms with Crippen LogP contribution in [-0.2, 0) is 5.41 Å². The van der Waals surface area contributed by atoms with E-state index in [0.717, 1.165) is 6.42 Å². The molecule has 0 aromatic heterocycles. The molecule has 0 heterocycles. The zero-order valence-corrected chi connectivity index (χ0v) is 15.7. The van der Waals surface area contributed by atoms with Crippen LogP contribution in [0, 0.1) is 18.3 Å². The van der Waals surface area contributed by atoms with Gasteiger partial charge in [-0.2, -0.15) is 0 Å². The number of benzene rings is 2. The summed E-state index contributed by atoms with van der Waals surface area (Å²) in [5, 5.41) is 5.68. The average Bonchev–Trinajstić information content (AvgIpc) is 2.44. The highest BCUT2D eigenvalue weighted by molar-refractivity contribution is 5.86. The van der Waals surface area contributed by atoms with Gasteiger partial charge >= 0.3 is 0 Å². The first-order chi connectivity index (χ1) is 10.6. The SMILES string of the molecule is Cc1cc2cc(C(C)(C)C)ccc2c2c1=CC(C(C)(C)C)CC=2. The lowest BCUT2D eigenvalue weighted by Gasteiger charge is -2.29. The monoisotopic (exact) mass is 306 g/mol. The van der Waals surface area contributed by atoms with Crippen molar-refractivity contribution in [1.82, 2.24) is 0 Å². The molecule has 0 saturated heterocycles. The van der Waals surface area contributed by atoms with E-state index < -0.39 is 0 Å². The molecule has 2 aromatic carbocycles. The molecular weight excluding hydrogens is 276 g/mol. The molecule has 0 heteroatoms. The van der Waals surface area contributed by atoms with Crippen LogP contribution in [0.1, 0.15) is 59.1 Å². The van der Waals surface area contributed by atoms with Crippen molar-refractivity contribution in [3.8, 4) is 0 Å². The smallest absolute Gasteiger partial charge is 0.0108 e. The Bertz CT molecular complexity index is 867. The topological polar surface area (TPSA) is 0 Å². The molecule has 0 N–H and O–H groups in total. The van der Waals surface area contributed by atoms with Gasteiger partial charge in [-0.1, -0.05) is 78.0 Å². The molecule has 0 nitrogen and oxygen atoms in total. The summed E-state index contributed by atoms with van der Waals surface area (Å²) in [4.78, 5) is 0. The van der Waals surface area contributed by atoms with Gasteiger partial charge in [0.25, 0.3) is 0 Å². The zero-order chi connectivity index (χ0) is 17.0. The zero-order valence-electron chi connectivity index (χ0n) is 15.7. The lowest BCUT2D eigenvalue weighted by atomic mass is 9.76. The van der Waals surface area contributed by atoms with Gasteiger partial charge in [0.1, 0.15) is 0 Å². The van der Waals surface area contributed by atoms with E-state index in [9.17, 15) is 0 Å². The Morgan fingerprint density at radius 3 is 2.22 bits per heavy atom. The Balaban J connectivity index is 2.28. The predicted molar refractivity (Wildman–Crippen MR) is 103 cm³/mol. The molecule has 0 spiro atoms. The van der Waals surface area contributed by atoms with Crippen LogP contribution in [0.25, 0.3) is 22.9 Å². The minimum atomic E-state index is 0.200. The Labute approximate surface area is 140 Å². The second-order valence-corrected chi connectivity index (χ2v) is 9.29.